The molecule has 194 valence electrons. The molecule has 2 atom stereocenters. The van der Waals surface area contributed by atoms with Gasteiger partial charge < -0.3 is 14.5 Å². The van der Waals surface area contributed by atoms with Gasteiger partial charge >= 0.3 is 0 Å². The Morgan fingerprint density at radius 1 is 1.22 bits per heavy atom. The van der Waals surface area contributed by atoms with E-state index in [0.29, 0.717) is 37.4 Å². The Morgan fingerprint density at radius 2 is 2.05 bits per heavy atom. The number of aromatic amines is 1. The molecule has 0 amide bonds. The second kappa shape index (κ2) is 11.2. The molecule has 3 heterocycles. The Balaban J connectivity index is 1.50. The highest BCUT2D eigenvalue weighted by molar-refractivity contribution is 5.80. The minimum Gasteiger partial charge on any atom is -0.497 e. The Kier molecular flexibility index (Phi) is 7.57. The number of hydrogen-bond acceptors (Lipinski definition) is 7. The number of rotatable bonds is 10. The molecule has 0 radical (unpaired) electrons. The van der Waals surface area contributed by atoms with Crippen molar-refractivity contribution in [2.24, 2.45) is 0 Å². The van der Waals surface area contributed by atoms with Crippen molar-refractivity contribution in [1.29, 1.82) is 0 Å². The number of nitrogens with one attached hydrogen (secondary N) is 1. The van der Waals surface area contributed by atoms with Crippen molar-refractivity contribution in [2.45, 2.75) is 58.0 Å². The number of fused-ring (bicyclic) bond motifs is 1. The van der Waals surface area contributed by atoms with Gasteiger partial charge in [-0.05, 0) is 71.7 Å². The van der Waals surface area contributed by atoms with E-state index < -0.39 is 0 Å². The molecule has 1 aliphatic rings. The van der Waals surface area contributed by atoms with Crippen LogP contribution in [0.4, 0.5) is 4.39 Å². The maximum Gasteiger partial charge on any atom is 0.252 e. The zero-order chi connectivity index (χ0) is 25.8. The van der Waals surface area contributed by atoms with Gasteiger partial charge in [-0.2, -0.15) is 0 Å². The molecule has 5 rings (SSSR count). The first-order valence-corrected chi connectivity index (χ1v) is 12.6. The predicted octanol–water partition coefficient (Wildman–Crippen LogP) is 3.99. The van der Waals surface area contributed by atoms with Crippen LogP contribution in [0, 0.1) is 5.82 Å². The first-order chi connectivity index (χ1) is 18.0. The number of hydrogen-bond donors (Lipinski definition) is 1. The van der Waals surface area contributed by atoms with Crippen molar-refractivity contribution in [1.82, 2.24) is 30.1 Å². The van der Waals surface area contributed by atoms with Crippen LogP contribution < -0.4 is 10.3 Å². The highest BCUT2D eigenvalue weighted by Crippen LogP contribution is 2.28. The lowest BCUT2D eigenvalue weighted by atomic mass is 10.1. The van der Waals surface area contributed by atoms with Crippen molar-refractivity contribution < 1.29 is 13.9 Å². The SMILES string of the molecule is CCC(c1nnnn1CC1CCCO1)N(Cc1ccc(F)cc1)Cc1cc2cc(OC)ccc2[nH]c1=O. The van der Waals surface area contributed by atoms with Crippen molar-refractivity contribution in [3.8, 4) is 5.75 Å². The molecule has 0 spiro atoms. The van der Waals surface area contributed by atoms with Crippen LogP contribution in [0.3, 0.4) is 0 Å². The standard InChI is InChI=1S/C27H31FN6O3/c1-3-25(26-30-31-32-34(26)17-23-5-4-12-37-23)33(15-18-6-8-21(28)9-7-18)16-20-13-19-14-22(36-2)10-11-24(19)29-27(20)35/h6-11,13-14,23,25H,3-5,12,15-17H2,1-2H3,(H,29,35). The molecule has 0 saturated carbocycles. The fraction of sp³-hybridized carbons (Fsp3) is 0.407. The molecule has 0 aliphatic carbocycles. The van der Waals surface area contributed by atoms with Crippen molar-refractivity contribution in [3.63, 3.8) is 0 Å². The van der Waals surface area contributed by atoms with E-state index in [1.165, 1.54) is 12.1 Å². The Hall–Kier alpha value is -3.63. The summed E-state index contributed by atoms with van der Waals surface area (Å²) in [6.45, 7) is 4.25. The van der Waals surface area contributed by atoms with E-state index in [9.17, 15) is 9.18 Å². The van der Waals surface area contributed by atoms with Crippen LogP contribution >= 0.6 is 0 Å². The van der Waals surface area contributed by atoms with Gasteiger partial charge in [0.15, 0.2) is 5.82 Å². The van der Waals surface area contributed by atoms with Crippen molar-refractivity contribution >= 4 is 10.9 Å². The number of methoxy groups -OCH3 is 1. The summed E-state index contributed by atoms with van der Waals surface area (Å²) in [5.41, 5.74) is 2.12. The number of pyridine rings is 1. The van der Waals surface area contributed by atoms with Gasteiger partial charge in [-0.1, -0.05) is 19.1 Å². The second-order valence-electron chi connectivity index (χ2n) is 9.39. The van der Waals surface area contributed by atoms with Crippen LogP contribution in [0.5, 0.6) is 5.75 Å². The van der Waals surface area contributed by atoms with Crippen LogP contribution in [-0.4, -0.2) is 49.9 Å². The predicted molar refractivity (Wildman–Crippen MR) is 137 cm³/mol. The average molecular weight is 507 g/mol. The summed E-state index contributed by atoms with van der Waals surface area (Å²) in [5.74, 6) is 1.15. The Morgan fingerprint density at radius 3 is 2.78 bits per heavy atom. The lowest BCUT2D eigenvalue weighted by molar-refractivity contribution is 0.0888. The average Bonchev–Trinajstić information content (AvgIpc) is 3.59. The second-order valence-corrected chi connectivity index (χ2v) is 9.39. The third-order valence-electron chi connectivity index (χ3n) is 6.89. The zero-order valence-corrected chi connectivity index (χ0v) is 21.1. The highest BCUT2D eigenvalue weighted by Gasteiger charge is 2.28. The summed E-state index contributed by atoms with van der Waals surface area (Å²) in [4.78, 5) is 18.2. The van der Waals surface area contributed by atoms with Crippen LogP contribution in [-0.2, 0) is 24.4 Å². The third kappa shape index (κ3) is 5.70. The first-order valence-electron chi connectivity index (χ1n) is 12.6. The molecular formula is C27H31FN6O3. The molecular weight excluding hydrogens is 475 g/mol. The van der Waals surface area contributed by atoms with E-state index in [1.807, 2.05) is 28.9 Å². The largest absolute Gasteiger partial charge is 0.497 e. The minimum absolute atomic E-state index is 0.0867. The van der Waals surface area contributed by atoms with Gasteiger partial charge in [0.05, 0.1) is 25.8 Å². The number of ether oxygens (including phenoxy) is 2. The molecule has 4 aromatic rings. The molecule has 1 saturated heterocycles. The summed E-state index contributed by atoms with van der Waals surface area (Å²) >= 11 is 0. The van der Waals surface area contributed by atoms with Gasteiger partial charge in [-0.15, -0.1) is 5.10 Å². The Labute approximate surface area is 214 Å². The zero-order valence-electron chi connectivity index (χ0n) is 21.1. The topological polar surface area (TPSA) is 98.2 Å². The van der Waals surface area contributed by atoms with Gasteiger partial charge in [0, 0.05) is 36.2 Å². The van der Waals surface area contributed by atoms with Crippen LogP contribution in [0.25, 0.3) is 10.9 Å². The van der Waals surface area contributed by atoms with Crippen LogP contribution in [0.2, 0.25) is 0 Å². The van der Waals surface area contributed by atoms with Crippen LogP contribution in [0.15, 0.2) is 53.3 Å². The lowest BCUT2D eigenvalue weighted by Crippen LogP contribution is -2.33. The highest BCUT2D eigenvalue weighted by atomic mass is 19.1. The summed E-state index contributed by atoms with van der Waals surface area (Å²) < 4.78 is 26.6. The first kappa shape index (κ1) is 25.0. The van der Waals surface area contributed by atoms with Crippen LogP contribution in [0.1, 0.15) is 49.2 Å². The van der Waals surface area contributed by atoms with Gasteiger partial charge in [0.1, 0.15) is 11.6 Å². The van der Waals surface area contributed by atoms with Crippen molar-refractivity contribution in [3.05, 3.63) is 81.7 Å². The van der Waals surface area contributed by atoms with Gasteiger partial charge in [0.2, 0.25) is 0 Å². The third-order valence-corrected chi connectivity index (χ3v) is 6.89. The van der Waals surface area contributed by atoms with Gasteiger partial charge in [0.25, 0.3) is 5.56 Å². The monoisotopic (exact) mass is 506 g/mol. The van der Waals surface area contributed by atoms with Gasteiger partial charge in [-0.25, -0.2) is 9.07 Å². The fourth-order valence-electron chi connectivity index (χ4n) is 4.96. The lowest BCUT2D eigenvalue weighted by Gasteiger charge is -2.30. The number of H-pyrrole nitrogens is 1. The molecule has 2 aromatic heterocycles. The van der Waals surface area contributed by atoms with E-state index in [4.69, 9.17) is 9.47 Å². The Bertz CT molecular complexity index is 1400. The molecule has 2 unspecified atom stereocenters. The number of nitrogens with zero attached hydrogens (tertiary/aromatic N) is 5. The molecule has 9 nitrogen and oxygen atoms in total. The molecule has 1 N–H and O–H groups in total. The quantitative estimate of drug-likeness (QED) is 0.347. The fourth-order valence-corrected chi connectivity index (χ4v) is 4.96. The van der Waals surface area contributed by atoms with E-state index in [0.717, 1.165) is 41.7 Å². The summed E-state index contributed by atoms with van der Waals surface area (Å²) in [6, 6.07) is 13.7. The molecule has 0 bridgehead atoms. The van der Waals surface area contributed by atoms with Gasteiger partial charge in [-0.3, -0.25) is 9.69 Å². The smallest absolute Gasteiger partial charge is 0.252 e. The van der Waals surface area contributed by atoms with E-state index in [2.05, 4.69) is 32.3 Å². The maximum atomic E-state index is 13.6. The van der Waals surface area contributed by atoms with Crippen molar-refractivity contribution in [2.75, 3.05) is 13.7 Å². The molecule has 37 heavy (non-hydrogen) atoms. The number of tetrazole rings is 1. The number of aromatic nitrogens is 5. The minimum atomic E-state index is -0.289. The summed E-state index contributed by atoms with van der Waals surface area (Å²) in [6.07, 6.45) is 2.81. The number of halogens is 1. The normalized spacial score (nSPS) is 16.5. The molecule has 1 aliphatic heterocycles. The van der Waals surface area contributed by atoms with E-state index in [1.54, 1.807) is 19.2 Å². The maximum absolute atomic E-state index is 13.6. The van der Waals surface area contributed by atoms with E-state index in [-0.39, 0.29) is 23.5 Å². The molecule has 1 fully saturated rings. The summed E-state index contributed by atoms with van der Waals surface area (Å²) in [7, 11) is 1.62. The van der Waals surface area contributed by atoms with E-state index >= 15 is 0 Å². The summed E-state index contributed by atoms with van der Waals surface area (Å²) in [5, 5.41) is 13.5. The molecule has 10 heteroatoms. The molecule has 2 aromatic carbocycles. The number of benzene rings is 2.